The number of likely N-dealkylation sites (tertiary alicyclic amines) is 1. The molecule has 0 unspecified atom stereocenters. The Labute approximate surface area is 230 Å². The Morgan fingerprint density at radius 3 is 2.44 bits per heavy atom. The summed E-state index contributed by atoms with van der Waals surface area (Å²) in [4.78, 5) is 18.7. The Bertz CT molecular complexity index is 1300. The number of aryl methyl sites for hydroxylation is 1. The van der Waals surface area contributed by atoms with Crippen LogP contribution in [-0.2, 0) is 11.3 Å². The van der Waals surface area contributed by atoms with E-state index in [1.165, 1.54) is 18.9 Å². The van der Waals surface area contributed by atoms with Gasteiger partial charge in [0, 0.05) is 37.4 Å². The van der Waals surface area contributed by atoms with Gasteiger partial charge in [0.05, 0.1) is 37.8 Å². The number of benzene rings is 2. The SMILES string of the molecule is CCCOc1ccc(F)c2c(=O)c(-c3ccc(OC)cc3)cn(CCCN3CCC(N4CCOCC4)CC3)c12. The van der Waals surface area contributed by atoms with Crippen LogP contribution in [0.3, 0.4) is 0 Å². The van der Waals surface area contributed by atoms with Crippen molar-refractivity contribution in [3.8, 4) is 22.6 Å². The van der Waals surface area contributed by atoms with Crippen molar-refractivity contribution in [2.45, 2.75) is 45.2 Å². The molecular weight excluding hydrogens is 497 g/mol. The molecule has 0 amide bonds. The van der Waals surface area contributed by atoms with E-state index in [1.807, 2.05) is 42.0 Å². The molecule has 8 heteroatoms. The van der Waals surface area contributed by atoms with Gasteiger partial charge in [-0.2, -0.15) is 0 Å². The van der Waals surface area contributed by atoms with Gasteiger partial charge < -0.3 is 23.7 Å². The predicted octanol–water partition coefficient (Wildman–Crippen LogP) is 4.79. The number of piperidine rings is 1. The van der Waals surface area contributed by atoms with E-state index < -0.39 is 5.82 Å². The van der Waals surface area contributed by atoms with E-state index >= 15 is 4.39 Å². The fourth-order valence-electron chi connectivity index (χ4n) is 5.86. The summed E-state index contributed by atoms with van der Waals surface area (Å²) in [5.74, 6) is 0.741. The quantitative estimate of drug-likeness (QED) is 0.371. The lowest BCUT2D eigenvalue weighted by Crippen LogP contribution is -2.49. The largest absolute Gasteiger partial charge is 0.497 e. The molecule has 2 aromatic carbocycles. The van der Waals surface area contributed by atoms with Crippen molar-refractivity contribution in [1.82, 2.24) is 14.4 Å². The van der Waals surface area contributed by atoms with Crippen molar-refractivity contribution in [3.63, 3.8) is 0 Å². The zero-order valence-corrected chi connectivity index (χ0v) is 23.2. The molecule has 2 aliphatic rings. The second kappa shape index (κ2) is 12.9. The highest BCUT2D eigenvalue weighted by Gasteiger charge is 2.26. The smallest absolute Gasteiger partial charge is 0.200 e. The Balaban J connectivity index is 1.37. The standard InChI is InChI=1S/C31H40FN3O4/c1-3-19-39-28-10-9-27(32)29-30(28)35(22-26(31(29)36)23-5-7-25(37-2)8-6-23)14-4-13-33-15-11-24(12-16-33)34-17-20-38-21-18-34/h5-10,22,24H,3-4,11-21H2,1-2H3. The Morgan fingerprint density at radius 2 is 1.74 bits per heavy atom. The van der Waals surface area contributed by atoms with Gasteiger partial charge in [0.15, 0.2) is 5.43 Å². The molecule has 0 saturated carbocycles. The van der Waals surface area contributed by atoms with E-state index in [-0.39, 0.29) is 10.8 Å². The minimum Gasteiger partial charge on any atom is -0.497 e. The topological polar surface area (TPSA) is 56.2 Å². The number of aromatic nitrogens is 1. The van der Waals surface area contributed by atoms with Crippen LogP contribution in [0.1, 0.15) is 32.6 Å². The molecule has 1 aromatic heterocycles. The summed E-state index contributed by atoms with van der Waals surface area (Å²) < 4.78 is 34.0. The highest BCUT2D eigenvalue weighted by Crippen LogP contribution is 2.30. The number of pyridine rings is 1. The lowest BCUT2D eigenvalue weighted by molar-refractivity contribution is 0.000778. The molecule has 7 nitrogen and oxygen atoms in total. The monoisotopic (exact) mass is 537 g/mol. The van der Waals surface area contributed by atoms with E-state index in [0.717, 1.165) is 64.3 Å². The average Bonchev–Trinajstić information content (AvgIpc) is 2.98. The maximum Gasteiger partial charge on any atom is 0.200 e. The van der Waals surface area contributed by atoms with Crippen molar-refractivity contribution >= 4 is 10.9 Å². The van der Waals surface area contributed by atoms with Gasteiger partial charge in [0.1, 0.15) is 17.3 Å². The van der Waals surface area contributed by atoms with Gasteiger partial charge in [-0.25, -0.2) is 4.39 Å². The fraction of sp³-hybridized carbons (Fsp3) is 0.516. The Kier molecular flexibility index (Phi) is 9.17. The summed E-state index contributed by atoms with van der Waals surface area (Å²) in [6.45, 7) is 10.1. The first-order chi connectivity index (χ1) is 19.1. The number of ether oxygens (including phenoxy) is 3. The summed E-state index contributed by atoms with van der Waals surface area (Å²) in [6.07, 6.45) is 5.96. The minimum atomic E-state index is -0.520. The molecule has 3 heterocycles. The van der Waals surface area contributed by atoms with Crippen molar-refractivity contribution < 1.29 is 18.6 Å². The zero-order valence-electron chi connectivity index (χ0n) is 23.2. The van der Waals surface area contributed by atoms with Gasteiger partial charge >= 0.3 is 0 Å². The Hall–Kier alpha value is -2.94. The highest BCUT2D eigenvalue weighted by atomic mass is 19.1. The first kappa shape index (κ1) is 27.6. The van der Waals surface area contributed by atoms with Crippen LogP contribution >= 0.6 is 0 Å². The summed E-state index contributed by atoms with van der Waals surface area (Å²) in [5.41, 5.74) is 1.43. The number of methoxy groups -OCH3 is 1. The molecule has 0 spiro atoms. The van der Waals surface area contributed by atoms with Gasteiger partial charge in [-0.15, -0.1) is 0 Å². The first-order valence-electron chi connectivity index (χ1n) is 14.3. The fourth-order valence-corrected chi connectivity index (χ4v) is 5.86. The molecule has 2 saturated heterocycles. The maximum absolute atomic E-state index is 15.2. The number of hydrogen-bond acceptors (Lipinski definition) is 6. The zero-order chi connectivity index (χ0) is 27.2. The minimum absolute atomic E-state index is 0.0863. The van der Waals surface area contributed by atoms with E-state index in [2.05, 4.69) is 9.80 Å². The van der Waals surface area contributed by atoms with Crippen LogP contribution in [-0.4, -0.2) is 80.1 Å². The molecule has 0 radical (unpaired) electrons. The van der Waals surface area contributed by atoms with Crippen LogP contribution in [0, 0.1) is 5.82 Å². The van der Waals surface area contributed by atoms with E-state index in [1.54, 1.807) is 13.2 Å². The predicted molar refractivity (Wildman–Crippen MR) is 152 cm³/mol. The van der Waals surface area contributed by atoms with Crippen molar-refractivity contribution in [2.24, 2.45) is 0 Å². The van der Waals surface area contributed by atoms with Crippen LogP contribution in [0.15, 0.2) is 47.4 Å². The lowest BCUT2D eigenvalue weighted by Gasteiger charge is -2.40. The molecule has 39 heavy (non-hydrogen) atoms. The second-order valence-electron chi connectivity index (χ2n) is 10.5. The van der Waals surface area contributed by atoms with Gasteiger partial charge in [0.2, 0.25) is 0 Å². The van der Waals surface area contributed by atoms with Gasteiger partial charge in [-0.05, 0) is 75.1 Å². The van der Waals surface area contributed by atoms with Crippen LogP contribution in [0.2, 0.25) is 0 Å². The van der Waals surface area contributed by atoms with E-state index in [4.69, 9.17) is 14.2 Å². The average molecular weight is 538 g/mol. The third-order valence-corrected chi connectivity index (χ3v) is 7.99. The van der Waals surface area contributed by atoms with Crippen molar-refractivity contribution in [3.05, 3.63) is 58.6 Å². The number of fused-ring (bicyclic) bond motifs is 1. The molecule has 0 bridgehead atoms. The van der Waals surface area contributed by atoms with Crippen LogP contribution < -0.4 is 14.9 Å². The van der Waals surface area contributed by atoms with E-state index in [9.17, 15) is 4.79 Å². The van der Waals surface area contributed by atoms with Gasteiger partial charge in [0.25, 0.3) is 0 Å². The summed E-state index contributed by atoms with van der Waals surface area (Å²) in [7, 11) is 1.61. The maximum atomic E-state index is 15.2. The number of nitrogens with zero attached hydrogens (tertiary/aromatic N) is 3. The number of hydrogen-bond donors (Lipinski definition) is 0. The molecule has 5 rings (SSSR count). The van der Waals surface area contributed by atoms with Crippen LogP contribution in [0.25, 0.3) is 22.0 Å². The molecule has 3 aromatic rings. The summed E-state index contributed by atoms with van der Waals surface area (Å²) in [5, 5.41) is 0.0863. The molecule has 0 N–H and O–H groups in total. The highest BCUT2D eigenvalue weighted by molar-refractivity contribution is 5.89. The van der Waals surface area contributed by atoms with Gasteiger partial charge in [-0.1, -0.05) is 19.1 Å². The molecule has 0 aliphatic carbocycles. The third kappa shape index (κ3) is 6.29. The van der Waals surface area contributed by atoms with Crippen molar-refractivity contribution in [2.75, 3.05) is 59.7 Å². The number of morpholine rings is 1. The molecular formula is C31H40FN3O4. The molecule has 2 aliphatic heterocycles. The molecule has 2 fully saturated rings. The normalized spacial score (nSPS) is 17.5. The third-order valence-electron chi connectivity index (χ3n) is 7.99. The van der Waals surface area contributed by atoms with Gasteiger partial charge in [-0.3, -0.25) is 9.69 Å². The van der Waals surface area contributed by atoms with E-state index in [0.29, 0.717) is 41.8 Å². The molecule has 0 atom stereocenters. The van der Waals surface area contributed by atoms with Crippen LogP contribution in [0.4, 0.5) is 4.39 Å². The Morgan fingerprint density at radius 1 is 1.00 bits per heavy atom. The second-order valence-corrected chi connectivity index (χ2v) is 10.5. The summed E-state index contributed by atoms with van der Waals surface area (Å²) >= 11 is 0. The number of halogens is 1. The lowest BCUT2D eigenvalue weighted by atomic mass is 10.0. The summed E-state index contributed by atoms with van der Waals surface area (Å²) in [6, 6.07) is 11.0. The van der Waals surface area contributed by atoms with Crippen LogP contribution in [0.5, 0.6) is 11.5 Å². The van der Waals surface area contributed by atoms with Crippen molar-refractivity contribution in [1.29, 1.82) is 0 Å². The molecule has 210 valence electrons. The number of rotatable bonds is 10. The first-order valence-corrected chi connectivity index (χ1v) is 14.3.